The minimum Gasteiger partial charge on any atom is -0.399 e. The summed E-state index contributed by atoms with van der Waals surface area (Å²) in [6.07, 6.45) is 5.52. The Bertz CT molecular complexity index is 5090. The van der Waals surface area contributed by atoms with Gasteiger partial charge in [0.1, 0.15) is 19.8 Å². The number of nitrogens with one attached hydrogen (secondary N) is 7. The van der Waals surface area contributed by atoms with Crippen LogP contribution in [-0.2, 0) is 87.1 Å². The number of carbonyl (C=O) groups excluding carboxylic acids is 15. The molecule has 0 saturated carbocycles. The summed E-state index contributed by atoms with van der Waals surface area (Å²) in [7, 11) is 0. The van der Waals surface area contributed by atoms with Crippen molar-refractivity contribution < 1.29 is 105 Å². The van der Waals surface area contributed by atoms with Crippen molar-refractivity contribution in [1.29, 1.82) is 0 Å². The largest absolute Gasteiger partial charge is 0.471 e. The highest BCUT2D eigenvalue weighted by molar-refractivity contribution is 6.06. The van der Waals surface area contributed by atoms with Gasteiger partial charge in [0.15, 0.2) is 23.1 Å². The predicted octanol–water partition coefficient (Wildman–Crippen LogP) is 17.4. The van der Waals surface area contributed by atoms with Crippen molar-refractivity contribution >= 4 is 113 Å². The minimum atomic E-state index is -5.05. The molecule has 0 aliphatic heterocycles. The van der Waals surface area contributed by atoms with Crippen molar-refractivity contribution in [2.45, 2.75) is 252 Å². The van der Waals surface area contributed by atoms with E-state index >= 15 is 0 Å². The van der Waals surface area contributed by atoms with Crippen LogP contribution in [0.5, 0.6) is 0 Å². The molecule has 7 aromatic carbocycles. The van der Waals surface area contributed by atoms with Gasteiger partial charge in [0, 0.05) is 58.9 Å². The molecule has 141 heavy (non-hydrogen) atoms. The van der Waals surface area contributed by atoms with E-state index in [-0.39, 0.29) is 111 Å². The first-order valence-electron chi connectivity index (χ1n) is 47.5. The lowest BCUT2D eigenvalue weighted by Crippen LogP contribution is -2.52. The zero-order chi connectivity index (χ0) is 105. The van der Waals surface area contributed by atoms with Crippen molar-refractivity contribution in [2.24, 2.45) is 45.3 Å². The van der Waals surface area contributed by atoms with Crippen LogP contribution in [0.4, 0.5) is 35.9 Å². The van der Waals surface area contributed by atoms with Crippen LogP contribution in [0, 0.1) is 45.3 Å². The van der Waals surface area contributed by atoms with Crippen LogP contribution >= 0.6 is 0 Å². The average Bonchev–Trinajstić information content (AvgIpc) is 0.822. The van der Waals surface area contributed by atoms with E-state index in [1.165, 1.54) is 43.2 Å². The first-order valence-corrected chi connectivity index (χ1v) is 47.5. The summed E-state index contributed by atoms with van der Waals surface area (Å²) in [4.78, 5) is 203. The number of hydroxylamine groups is 8. The van der Waals surface area contributed by atoms with Crippen LogP contribution in [0.25, 0.3) is 0 Å². The van der Waals surface area contributed by atoms with Gasteiger partial charge >= 0.3 is 12.1 Å². The number of hydrogen-bond donors (Lipinski definition) is 9. The van der Waals surface area contributed by atoms with Gasteiger partial charge < -0.3 is 43.0 Å². The molecule has 34 heteroatoms. The molecule has 0 fully saturated rings. The number of Topliss-reactive ketones (excluding diaryl/α,β-unsaturated/α-hetero) is 4. The monoisotopic (exact) mass is 1960 g/mol. The highest BCUT2D eigenvalue weighted by atomic mass is 19.4. The van der Waals surface area contributed by atoms with Gasteiger partial charge in [-0.1, -0.05) is 253 Å². The number of halogens is 3. The second-order valence-corrected chi connectivity index (χ2v) is 38.8. The van der Waals surface area contributed by atoms with Crippen LogP contribution in [-0.4, -0.2) is 172 Å². The molecule has 31 nitrogen and oxygen atoms in total. The van der Waals surface area contributed by atoms with E-state index in [4.69, 9.17) is 20.2 Å². The Balaban J connectivity index is 0.000000394. The number of amides is 11. The van der Waals surface area contributed by atoms with Gasteiger partial charge in [0.2, 0.25) is 61.1 Å². The molecule has 0 aromatic heterocycles. The molecule has 7 aromatic rings. The molecule has 8 atom stereocenters. The Morgan fingerprint density at radius 3 is 0.773 bits per heavy atom. The van der Waals surface area contributed by atoms with Crippen LogP contribution in [0.2, 0.25) is 0 Å². The predicted molar refractivity (Wildman–Crippen MR) is 535 cm³/mol. The maximum Gasteiger partial charge on any atom is 0.471 e. The molecule has 0 unspecified atom stereocenters. The highest BCUT2D eigenvalue weighted by Gasteiger charge is 2.42. The third kappa shape index (κ3) is 44.0. The van der Waals surface area contributed by atoms with Gasteiger partial charge in [-0.2, -0.15) is 13.2 Å². The number of ketones is 4. The smallest absolute Gasteiger partial charge is 0.399 e. The normalized spacial score (nSPS) is 13.0. The number of nitrogen functional groups attached to an aromatic ring is 1. The van der Waals surface area contributed by atoms with Gasteiger partial charge in [-0.25, -0.2) is 20.3 Å². The van der Waals surface area contributed by atoms with Gasteiger partial charge in [0.05, 0.1) is 74.0 Å². The Morgan fingerprint density at radius 1 is 0.340 bits per heavy atom. The summed E-state index contributed by atoms with van der Waals surface area (Å²) in [6, 6.07) is 49.6. The molecular weight excluding hydrogens is 1810 g/mol. The van der Waals surface area contributed by atoms with Crippen LogP contribution in [0.3, 0.4) is 0 Å². The number of nitrogens with zero attached hydrogens (tertiary/aromatic N) is 4. The van der Waals surface area contributed by atoms with Crippen molar-refractivity contribution in [3.63, 3.8) is 0 Å². The van der Waals surface area contributed by atoms with Crippen molar-refractivity contribution in [3.05, 3.63) is 227 Å². The van der Waals surface area contributed by atoms with E-state index < -0.39 is 93.3 Å². The number of hydrogen-bond acceptors (Lipinski definition) is 20. The van der Waals surface area contributed by atoms with E-state index in [1.54, 1.807) is 98.9 Å². The fourth-order valence-electron chi connectivity index (χ4n) is 14.3. The summed E-state index contributed by atoms with van der Waals surface area (Å²) >= 11 is 0. The number of rotatable bonds is 52. The second kappa shape index (κ2) is 60.1. The van der Waals surface area contributed by atoms with E-state index in [9.17, 15) is 90.3 Å². The van der Waals surface area contributed by atoms with Crippen molar-refractivity contribution in [3.8, 4) is 0 Å². The molecule has 0 aliphatic carbocycles. The molecule has 10 N–H and O–H groups in total. The van der Waals surface area contributed by atoms with Crippen LogP contribution < -0.4 is 43.0 Å². The molecule has 7 rings (SSSR count). The Morgan fingerprint density at radius 2 is 0.567 bits per heavy atom. The van der Waals surface area contributed by atoms with E-state index in [0.717, 1.165) is 71.8 Å². The molecule has 0 spiro atoms. The number of benzene rings is 7. The molecule has 0 aliphatic rings. The standard InChI is InChI=1S/C29H36F3N3O5.C29H39N3O5.C27H37N3O4.C22H33N3O5/c1-5-6-12-22(17-35(19-36)40-18-20-10-8-7-9-11-20)26(38)34-25(28(2,3)4)24(37)21-13-15-23(16-14-21)33-27(39)29(30,31)32;1-6-7-13-24(18-32(20-33)37-19-22-11-9-8-10-12-22)28(36)31-27(29(3,4)5)26(35)23-14-16-25(17-15-23)30-21(2)34;1-5-6-12-22(17-30(19-31)34-18-20-10-8-7-9-11-20)26(33)29-25(27(2,3)4)24(32)21-13-15-23(28)16-14-21;1-6-7-8-17(13-25(30)14-26)21(29)24-20(22(3,4)5)19(28)16-9-11-18(12-10-16)23-15(2)27/h7-11,13-16,19,22,25H,5-6,12,17-18H2,1-4H3,(H,33,39)(H,34,38);8-12,14-17,20,24,27H,6-7,13,18-19H2,1-5H3,(H,30,34)(H,31,36);7-11,13-16,19,22,25H,5-6,12,17-18,28H2,1-4H3,(H,29,33);9-12,14,17,20,30H,6-8,13H2,1-5H3,(H,23,27)(H,24,29)/t22-,25-;24-,27-;22-,25-;17-,20-/m1111/s1. The Labute approximate surface area is 827 Å². The molecule has 768 valence electrons. The summed E-state index contributed by atoms with van der Waals surface area (Å²) < 4.78 is 37.6. The lowest BCUT2D eigenvalue weighted by atomic mass is 9.81. The Hall–Kier alpha value is -13.2. The van der Waals surface area contributed by atoms with E-state index in [1.807, 2.05) is 181 Å². The molecular formula is C107H145F3N12O19. The van der Waals surface area contributed by atoms with Gasteiger partial charge in [-0.05, 0) is 161 Å². The van der Waals surface area contributed by atoms with E-state index in [2.05, 4.69) is 31.9 Å². The Kier molecular flexibility index (Phi) is 51.2. The zero-order valence-corrected chi connectivity index (χ0v) is 84.6. The number of anilines is 4. The van der Waals surface area contributed by atoms with Crippen molar-refractivity contribution in [1.82, 2.24) is 41.5 Å². The number of nitrogens with two attached hydrogens (primary N) is 1. The summed E-state index contributed by atoms with van der Waals surface area (Å²) in [6.45, 7) is 33.8. The van der Waals surface area contributed by atoms with Gasteiger partial charge in [-0.3, -0.25) is 91.6 Å². The molecule has 0 heterocycles. The molecule has 11 amide bonds. The fraction of sp³-hybridized carbons (Fsp3) is 0.467. The van der Waals surface area contributed by atoms with E-state index in [0.29, 0.717) is 90.2 Å². The first-order chi connectivity index (χ1) is 66.4. The summed E-state index contributed by atoms with van der Waals surface area (Å²) in [5, 5.41) is 32.0. The van der Waals surface area contributed by atoms with Crippen LogP contribution in [0.15, 0.2) is 188 Å². The maximum atomic E-state index is 13.4. The third-order valence-corrected chi connectivity index (χ3v) is 22.4. The second-order valence-electron chi connectivity index (χ2n) is 38.8. The maximum absolute atomic E-state index is 13.4. The molecule has 0 radical (unpaired) electrons. The minimum absolute atomic E-state index is 0.0131. The molecule has 0 bridgehead atoms. The van der Waals surface area contributed by atoms with Gasteiger partial charge in [-0.15, -0.1) is 0 Å². The average molecular weight is 1960 g/mol. The number of carbonyl (C=O) groups is 15. The molecule has 0 saturated heterocycles. The van der Waals surface area contributed by atoms with Crippen molar-refractivity contribution in [2.75, 3.05) is 47.9 Å². The number of alkyl halides is 3. The summed E-state index contributed by atoms with van der Waals surface area (Å²) in [5.74, 6) is -7.34. The third-order valence-electron chi connectivity index (χ3n) is 22.4. The highest BCUT2D eigenvalue weighted by Crippen LogP contribution is 2.32. The van der Waals surface area contributed by atoms with Gasteiger partial charge in [0.25, 0.3) is 0 Å². The topological polar surface area (TPSA) is 427 Å². The lowest BCUT2D eigenvalue weighted by Gasteiger charge is -2.32. The quantitative estimate of drug-likeness (QED) is 0.00562. The fourth-order valence-corrected chi connectivity index (χ4v) is 14.3. The SMILES string of the molecule is CCCC[C@H](CN(C=O)OCc1ccccc1)C(=O)N[C@H](C(=O)c1ccc(N)cc1)C(C)(C)C.CCCC[C@H](CN(C=O)OCc1ccccc1)C(=O)N[C@H](C(=O)c1ccc(NC(=O)C(F)(F)F)cc1)C(C)(C)C.CCCC[C@H](CN(C=O)OCc1ccccc1)C(=O)N[C@H](C(=O)c1ccc(NC(C)=O)cc1)C(C)(C)C.CCCC[C@H](CN(O)C=O)C(=O)N[C@H](C(=O)c1ccc(NC(C)=O)cc1)C(C)(C)C. The zero-order valence-electron chi connectivity index (χ0n) is 84.6. The summed E-state index contributed by atoms with van der Waals surface area (Å²) in [5.41, 5.74) is 9.14. The first kappa shape index (κ1) is 120. The lowest BCUT2D eigenvalue weighted by molar-refractivity contribution is -0.182. The number of unbranched alkanes of at least 4 members (excludes halogenated alkanes) is 4. The van der Waals surface area contributed by atoms with Crippen LogP contribution in [0.1, 0.15) is 260 Å².